The fraction of sp³-hybridized carbons (Fsp3) is 0.111. The van der Waals surface area contributed by atoms with Gasteiger partial charge in [-0.25, -0.2) is 0 Å². The molecule has 0 spiro atoms. The van der Waals surface area contributed by atoms with Crippen LogP contribution in [0.5, 0.6) is 0 Å². The molecule has 0 radical (unpaired) electrons. The van der Waals surface area contributed by atoms with E-state index in [4.69, 9.17) is 9.68 Å². The van der Waals surface area contributed by atoms with Gasteiger partial charge in [0, 0.05) is 0 Å². The van der Waals surface area contributed by atoms with E-state index in [1.54, 1.807) is 30.5 Å². The molecule has 1 N–H and O–H groups in total. The zero-order valence-electron chi connectivity index (χ0n) is 12.2. The van der Waals surface area contributed by atoms with Crippen LogP contribution in [0.15, 0.2) is 70.9 Å². The minimum atomic E-state index is -0.400. The minimum absolute atomic E-state index is 0.0468. The molecular formula is C18H16N2O2. The van der Waals surface area contributed by atoms with Crippen LogP contribution in [0.25, 0.3) is 6.08 Å². The maximum Gasteiger partial charge on any atom is 0.262 e. The lowest BCUT2D eigenvalue weighted by Gasteiger charge is -2.13. The summed E-state index contributed by atoms with van der Waals surface area (Å²) in [6.07, 6.45) is 6.33. The molecule has 1 aromatic heterocycles. The summed E-state index contributed by atoms with van der Waals surface area (Å²) in [7, 11) is 0. The van der Waals surface area contributed by atoms with Gasteiger partial charge in [0.25, 0.3) is 5.91 Å². The molecule has 2 rings (SSSR count). The van der Waals surface area contributed by atoms with Gasteiger partial charge in [0.1, 0.15) is 17.4 Å². The van der Waals surface area contributed by atoms with Crippen molar-refractivity contribution in [3.63, 3.8) is 0 Å². The third-order valence-corrected chi connectivity index (χ3v) is 3.08. The molecule has 0 saturated heterocycles. The monoisotopic (exact) mass is 292 g/mol. The second kappa shape index (κ2) is 7.65. The predicted octanol–water partition coefficient (Wildman–Crippen LogP) is 3.62. The highest BCUT2D eigenvalue weighted by atomic mass is 16.3. The van der Waals surface area contributed by atoms with Crippen LogP contribution in [-0.2, 0) is 4.79 Å². The van der Waals surface area contributed by atoms with Crippen LogP contribution in [0.2, 0.25) is 0 Å². The van der Waals surface area contributed by atoms with Crippen molar-refractivity contribution in [1.82, 2.24) is 5.32 Å². The Bertz CT molecular complexity index is 707. The Morgan fingerprint density at radius 3 is 2.68 bits per heavy atom. The normalized spacial score (nSPS) is 12.8. The standard InChI is InChI=1S/C18H16N2O2/c1-14(15-7-3-2-4-8-15)20-18(21)16(13-19)9-5-10-17-11-6-12-22-17/h2-12,14H,1H3,(H,20,21). The van der Waals surface area contributed by atoms with E-state index in [1.165, 1.54) is 6.08 Å². The molecule has 4 heteroatoms. The number of nitrogens with zero attached hydrogens (tertiary/aromatic N) is 1. The minimum Gasteiger partial charge on any atom is -0.465 e. The Morgan fingerprint density at radius 2 is 2.05 bits per heavy atom. The highest BCUT2D eigenvalue weighted by Crippen LogP contribution is 2.12. The summed E-state index contributed by atoms with van der Waals surface area (Å²) in [5.41, 5.74) is 1.03. The highest BCUT2D eigenvalue weighted by Gasteiger charge is 2.12. The van der Waals surface area contributed by atoms with E-state index in [9.17, 15) is 4.79 Å². The van der Waals surface area contributed by atoms with Crippen LogP contribution in [0.1, 0.15) is 24.3 Å². The first kappa shape index (κ1) is 15.3. The maximum absolute atomic E-state index is 12.1. The van der Waals surface area contributed by atoms with Crippen LogP contribution in [0.4, 0.5) is 0 Å². The largest absolute Gasteiger partial charge is 0.465 e. The van der Waals surface area contributed by atoms with Crippen molar-refractivity contribution < 1.29 is 9.21 Å². The second-order valence-electron chi connectivity index (χ2n) is 4.67. The molecule has 0 fully saturated rings. The van der Waals surface area contributed by atoms with Crippen molar-refractivity contribution in [3.05, 3.63) is 77.8 Å². The molecular weight excluding hydrogens is 276 g/mol. The molecule has 0 saturated carbocycles. The Hall–Kier alpha value is -3.06. The summed E-state index contributed by atoms with van der Waals surface area (Å²) >= 11 is 0. The number of benzene rings is 1. The van der Waals surface area contributed by atoms with E-state index < -0.39 is 5.91 Å². The molecule has 22 heavy (non-hydrogen) atoms. The molecule has 2 aromatic rings. The van der Waals surface area contributed by atoms with Gasteiger partial charge in [-0.05, 0) is 36.8 Å². The molecule has 1 amide bonds. The van der Waals surface area contributed by atoms with E-state index in [0.717, 1.165) is 5.56 Å². The lowest BCUT2D eigenvalue weighted by atomic mass is 10.1. The maximum atomic E-state index is 12.1. The number of allylic oxidation sites excluding steroid dienone is 2. The van der Waals surface area contributed by atoms with E-state index in [2.05, 4.69) is 5.32 Å². The molecule has 1 aromatic carbocycles. The Labute approximate surface area is 129 Å². The molecule has 4 nitrogen and oxygen atoms in total. The first-order chi connectivity index (χ1) is 10.7. The van der Waals surface area contributed by atoms with Gasteiger partial charge in [-0.15, -0.1) is 0 Å². The quantitative estimate of drug-likeness (QED) is 0.520. The van der Waals surface area contributed by atoms with Crippen molar-refractivity contribution in [2.45, 2.75) is 13.0 Å². The number of amides is 1. The number of nitrogens with one attached hydrogen (secondary N) is 1. The van der Waals surface area contributed by atoms with Crippen molar-refractivity contribution in [2.24, 2.45) is 0 Å². The van der Waals surface area contributed by atoms with Gasteiger partial charge in [0.15, 0.2) is 0 Å². The van der Waals surface area contributed by atoms with Crippen molar-refractivity contribution in [2.75, 3.05) is 0 Å². The summed E-state index contributed by atoms with van der Waals surface area (Å²) in [6, 6.07) is 14.9. The van der Waals surface area contributed by atoms with Crippen LogP contribution in [0, 0.1) is 11.3 Å². The van der Waals surface area contributed by atoms with E-state index >= 15 is 0 Å². The Balaban J connectivity index is 2.01. The van der Waals surface area contributed by atoms with E-state index in [-0.39, 0.29) is 11.6 Å². The van der Waals surface area contributed by atoms with Gasteiger partial charge < -0.3 is 9.73 Å². The van der Waals surface area contributed by atoms with Gasteiger partial charge in [0.05, 0.1) is 12.3 Å². The number of carbonyl (C=O) groups excluding carboxylic acids is 1. The number of hydrogen-bond donors (Lipinski definition) is 1. The topological polar surface area (TPSA) is 66.0 Å². The van der Waals surface area contributed by atoms with Crippen LogP contribution in [-0.4, -0.2) is 5.91 Å². The SMILES string of the molecule is CC(NC(=O)C(C#N)=CC=Cc1ccco1)c1ccccc1. The summed E-state index contributed by atoms with van der Waals surface area (Å²) in [4.78, 5) is 12.1. The van der Waals surface area contributed by atoms with Crippen LogP contribution in [0.3, 0.4) is 0 Å². The van der Waals surface area contributed by atoms with E-state index in [0.29, 0.717) is 5.76 Å². The zero-order chi connectivity index (χ0) is 15.8. The van der Waals surface area contributed by atoms with Gasteiger partial charge in [-0.1, -0.05) is 36.4 Å². The summed E-state index contributed by atoms with van der Waals surface area (Å²) in [5, 5.41) is 11.9. The Kier molecular flexibility index (Phi) is 5.33. The van der Waals surface area contributed by atoms with Gasteiger partial charge in [-0.3, -0.25) is 4.79 Å². The lowest BCUT2D eigenvalue weighted by Crippen LogP contribution is -2.27. The fourth-order valence-corrected chi connectivity index (χ4v) is 1.89. The number of furan rings is 1. The molecule has 1 atom stereocenters. The number of nitriles is 1. The average molecular weight is 292 g/mol. The average Bonchev–Trinajstić information content (AvgIpc) is 3.05. The van der Waals surface area contributed by atoms with Gasteiger partial charge in [0.2, 0.25) is 0 Å². The molecule has 0 aliphatic heterocycles. The third-order valence-electron chi connectivity index (χ3n) is 3.08. The number of rotatable bonds is 5. The van der Waals surface area contributed by atoms with Crippen molar-refractivity contribution in [1.29, 1.82) is 5.26 Å². The molecule has 110 valence electrons. The summed E-state index contributed by atoms with van der Waals surface area (Å²) in [5.74, 6) is 0.259. The molecule has 1 heterocycles. The first-order valence-electron chi connectivity index (χ1n) is 6.88. The molecule has 0 aliphatic rings. The Morgan fingerprint density at radius 1 is 1.27 bits per heavy atom. The molecule has 1 unspecified atom stereocenters. The summed E-state index contributed by atoms with van der Waals surface area (Å²) < 4.78 is 5.13. The fourth-order valence-electron chi connectivity index (χ4n) is 1.89. The zero-order valence-corrected chi connectivity index (χ0v) is 12.2. The predicted molar refractivity (Wildman–Crippen MR) is 84.4 cm³/mol. The molecule has 0 aliphatic carbocycles. The van der Waals surface area contributed by atoms with Gasteiger partial charge >= 0.3 is 0 Å². The smallest absolute Gasteiger partial charge is 0.262 e. The van der Waals surface area contributed by atoms with Crippen molar-refractivity contribution >= 4 is 12.0 Å². The van der Waals surface area contributed by atoms with Crippen molar-refractivity contribution in [3.8, 4) is 6.07 Å². The number of hydrogen-bond acceptors (Lipinski definition) is 3. The van der Waals surface area contributed by atoms with Crippen LogP contribution >= 0.6 is 0 Å². The second-order valence-corrected chi connectivity index (χ2v) is 4.67. The molecule has 0 bridgehead atoms. The lowest BCUT2D eigenvalue weighted by molar-refractivity contribution is -0.117. The highest BCUT2D eigenvalue weighted by molar-refractivity contribution is 5.97. The van der Waals surface area contributed by atoms with E-state index in [1.807, 2.05) is 43.3 Å². The number of carbonyl (C=O) groups is 1. The summed E-state index contributed by atoms with van der Waals surface area (Å²) in [6.45, 7) is 1.88. The first-order valence-corrected chi connectivity index (χ1v) is 6.88. The van der Waals surface area contributed by atoms with Gasteiger partial charge in [-0.2, -0.15) is 5.26 Å². The third kappa shape index (κ3) is 4.22. The van der Waals surface area contributed by atoms with Crippen LogP contribution < -0.4 is 5.32 Å².